The van der Waals surface area contributed by atoms with Gasteiger partial charge in [0.05, 0.1) is 6.61 Å². The third-order valence-corrected chi connectivity index (χ3v) is 7.64. The van der Waals surface area contributed by atoms with Gasteiger partial charge in [0, 0.05) is 21.0 Å². The summed E-state index contributed by atoms with van der Waals surface area (Å²) >= 11 is 3.57. The zero-order valence-corrected chi connectivity index (χ0v) is 19.3. The van der Waals surface area contributed by atoms with Crippen molar-refractivity contribution in [2.75, 3.05) is 19.7 Å². The van der Waals surface area contributed by atoms with Gasteiger partial charge in [-0.05, 0) is 97.3 Å². The number of nitrogens with one attached hydrogen (secondary N) is 1. The summed E-state index contributed by atoms with van der Waals surface area (Å²) in [6.07, 6.45) is 4.41. The van der Waals surface area contributed by atoms with E-state index in [1.54, 1.807) is 0 Å². The summed E-state index contributed by atoms with van der Waals surface area (Å²) < 4.78 is 7.20. The number of halogens is 1. The summed E-state index contributed by atoms with van der Waals surface area (Å²) in [6, 6.07) is 12.3. The van der Waals surface area contributed by atoms with E-state index < -0.39 is 0 Å². The van der Waals surface area contributed by atoms with Crippen LogP contribution in [0.5, 0.6) is 5.75 Å². The average molecular weight is 466 g/mol. The van der Waals surface area contributed by atoms with Crippen LogP contribution < -0.4 is 10.1 Å². The van der Waals surface area contributed by atoms with Gasteiger partial charge >= 0.3 is 0 Å². The lowest BCUT2D eigenvalue weighted by molar-refractivity contribution is 0.105. The second-order valence-corrected chi connectivity index (χ2v) is 10.2. The van der Waals surface area contributed by atoms with Crippen molar-refractivity contribution in [2.45, 2.75) is 44.9 Å². The molecule has 1 fully saturated rings. The molecule has 5 rings (SSSR count). The highest BCUT2D eigenvalue weighted by Gasteiger charge is 2.42. The van der Waals surface area contributed by atoms with Crippen LogP contribution in [-0.4, -0.2) is 25.5 Å². The van der Waals surface area contributed by atoms with Crippen molar-refractivity contribution in [3.05, 3.63) is 68.7 Å². The van der Waals surface area contributed by atoms with Gasteiger partial charge in [-0.25, -0.2) is 0 Å². The molecule has 3 aliphatic rings. The summed E-state index contributed by atoms with van der Waals surface area (Å²) in [5.74, 6) is 1.79. The number of piperidine rings is 1. The number of ketones is 1. The molecule has 30 heavy (non-hydrogen) atoms. The Kier molecular flexibility index (Phi) is 5.11. The Morgan fingerprint density at radius 3 is 2.67 bits per heavy atom. The van der Waals surface area contributed by atoms with Crippen molar-refractivity contribution in [2.24, 2.45) is 5.92 Å². The second kappa shape index (κ2) is 7.65. The summed E-state index contributed by atoms with van der Waals surface area (Å²) in [6.45, 7) is 7.47. The molecule has 1 N–H and O–H groups in total. The molecule has 2 aromatic carbocycles. The van der Waals surface area contributed by atoms with Crippen LogP contribution in [0.15, 0.2) is 46.4 Å². The summed E-state index contributed by atoms with van der Waals surface area (Å²) in [4.78, 5) is 13.4. The maximum absolute atomic E-state index is 13.4. The second-order valence-electron chi connectivity index (χ2n) is 9.32. The Morgan fingerprint density at radius 1 is 1.10 bits per heavy atom. The van der Waals surface area contributed by atoms with E-state index in [-0.39, 0.29) is 11.2 Å². The molecule has 0 bridgehead atoms. The molecule has 0 atom stereocenters. The number of benzene rings is 2. The van der Waals surface area contributed by atoms with E-state index in [2.05, 4.69) is 53.3 Å². The Balaban J connectivity index is 1.40. The largest absolute Gasteiger partial charge is 0.494 e. The van der Waals surface area contributed by atoms with E-state index in [1.807, 2.05) is 18.2 Å². The van der Waals surface area contributed by atoms with Gasteiger partial charge in [-0.15, -0.1) is 0 Å². The summed E-state index contributed by atoms with van der Waals surface area (Å²) in [7, 11) is 0. The predicted octanol–water partition coefficient (Wildman–Crippen LogP) is 5.70. The molecule has 2 aromatic rings. The van der Waals surface area contributed by atoms with E-state index in [4.69, 9.17) is 4.74 Å². The number of carbonyl (C=O) groups is 1. The van der Waals surface area contributed by atoms with Gasteiger partial charge in [0.25, 0.3) is 0 Å². The normalized spacial score (nSPS) is 20.0. The van der Waals surface area contributed by atoms with Gasteiger partial charge in [-0.3, -0.25) is 4.79 Å². The lowest BCUT2D eigenvalue weighted by Crippen LogP contribution is -2.30. The van der Waals surface area contributed by atoms with Crippen molar-refractivity contribution >= 4 is 27.3 Å². The highest BCUT2D eigenvalue weighted by molar-refractivity contribution is 9.10. The molecule has 0 saturated carbocycles. The zero-order chi connectivity index (χ0) is 20.9. The lowest BCUT2D eigenvalue weighted by Gasteiger charge is -2.34. The number of carbonyl (C=O) groups excluding carboxylic acids is 1. The third kappa shape index (κ3) is 3.34. The molecule has 1 heterocycles. The molecule has 1 saturated heterocycles. The first-order valence-electron chi connectivity index (χ1n) is 11.0. The third-order valence-electron chi connectivity index (χ3n) is 7.15. The standard InChI is InChI=1S/C26H28BrNO2/c1-26(2)22-15-19(30-12-9-16-7-10-28-11-8-16)4-6-21(22)25(29)24-20-5-3-18(27)13-17(20)14-23(24)26/h3-6,13,15-16,28H,7-12,14H2,1-2H3. The lowest BCUT2D eigenvalue weighted by atomic mass is 9.68. The van der Waals surface area contributed by atoms with E-state index in [9.17, 15) is 4.79 Å². The summed E-state index contributed by atoms with van der Waals surface area (Å²) in [5.41, 5.74) is 6.20. The van der Waals surface area contributed by atoms with Crippen LogP contribution in [0.4, 0.5) is 0 Å². The van der Waals surface area contributed by atoms with Crippen molar-refractivity contribution in [1.82, 2.24) is 5.32 Å². The maximum atomic E-state index is 13.4. The minimum atomic E-state index is -0.196. The van der Waals surface area contributed by atoms with Crippen molar-refractivity contribution in [3.8, 4) is 5.75 Å². The zero-order valence-electron chi connectivity index (χ0n) is 17.7. The molecule has 1 aliphatic heterocycles. The first kappa shape index (κ1) is 20.0. The van der Waals surface area contributed by atoms with Gasteiger partial charge in [-0.1, -0.05) is 35.8 Å². The number of allylic oxidation sites excluding steroid dienone is 2. The smallest absolute Gasteiger partial charge is 0.193 e. The molecule has 4 heteroatoms. The molecular weight excluding hydrogens is 438 g/mol. The van der Waals surface area contributed by atoms with E-state index in [0.717, 1.165) is 70.9 Å². The van der Waals surface area contributed by atoms with Crippen LogP contribution in [0.3, 0.4) is 0 Å². The van der Waals surface area contributed by atoms with Crippen LogP contribution in [0.1, 0.15) is 60.2 Å². The molecule has 0 amide bonds. The van der Waals surface area contributed by atoms with Crippen molar-refractivity contribution in [3.63, 3.8) is 0 Å². The Bertz CT molecular complexity index is 1050. The van der Waals surface area contributed by atoms with Gasteiger partial charge < -0.3 is 10.1 Å². The molecule has 0 radical (unpaired) electrons. The molecule has 3 nitrogen and oxygen atoms in total. The van der Waals surface area contributed by atoms with Crippen LogP contribution in [0, 0.1) is 5.92 Å². The highest BCUT2D eigenvalue weighted by Crippen LogP contribution is 2.50. The predicted molar refractivity (Wildman–Crippen MR) is 124 cm³/mol. The summed E-state index contributed by atoms with van der Waals surface area (Å²) in [5, 5.41) is 3.42. The maximum Gasteiger partial charge on any atom is 0.193 e. The molecule has 2 aliphatic carbocycles. The highest BCUT2D eigenvalue weighted by atomic mass is 79.9. The number of rotatable bonds is 4. The molecule has 0 aromatic heterocycles. The minimum absolute atomic E-state index is 0.154. The fourth-order valence-corrected chi connectivity index (χ4v) is 5.73. The number of fused-ring (bicyclic) bond motifs is 3. The number of Topliss-reactive ketones (excluding diaryl/α,β-unsaturated/α-hetero) is 1. The monoisotopic (exact) mass is 465 g/mol. The van der Waals surface area contributed by atoms with Crippen LogP contribution in [0.25, 0.3) is 5.57 Å². The number of ether oxygens (including phenoxy) is 1. The van der Waals surface area contributed by atoms with Crippen LogP contribution >= 0.6 is 15.9 Å². The number of hydrogen-bond donors (Lipinski definition) is 1. The SMILES string of the molecule is CC1(C)C2=C(C(=O)c3ccc(OCCC4CCNCC4)cc31)c1ccc(Br)cc1C2. The first-order valence-corrected chi connectivity index (χ1v) is 11.8. The van der Waals surface area contributed by atoms with Crippen LogP contribution in [0.2, 0.25) is 0 Å². The van der Waals surface area contributed by atoms with E-state index in [0.29, 0.717) is 0 Å². The Morgan fingerprint density at radius 2 is 1.87 bits per heavy atom. The average Bonchev–Trinajstić information content (AvgIpc) is 3.13. The quantitative estimate of drug-likeness (QED) is 0.628. The number of hydrogen-bond acceptors (Lipinski definition) is 3. The van der Waals surface area contributed by atoms with Gasteiger partial charge in [0.1, 0.15) is 5.75 Å². The van der Waals surface area contributed by atoms with Gasteiger partial charge in [0.2, 0.25) is 0 Å². The fraction of sp³-hybridized carbons (Fsp3) is 0.423. The molecule has 156 valence electrons. The van der Waals surface area contributed by atoms with Gasteiger partial charge in [-0.2, -0.15) is 0 Å². The van der Waals surface area contributed by atoms with E-state index in [1.165, 1.54) is 24.0 Å². The minimum Gasteiger partial charge on any atom is -0.494 e. The van der Waals surface area contributed by atoms with Gasteiger partial charge in [0.15, 0.2) is 5.78 Å². The van der Waals surface area contributed by atoms with Crippen LogP contribution in [-0.2, 0) is 11.8 Å². The fourth-order valence-electron chi connectivity index (χ4n) is 5.33. The van der Waals surface area contributed by atoms with E-state index >= 15 is 0 Å². The Hall–Kier alpha value is -1.91. The topological polar surface area (TPSA) is 38.3 Å². The Labute approximate surface area is 187 Å². The van der Waals surface area contributed by atoms with Crippen molar-refractivity contribution < 1.29 is 9.53 Å². The first-order chi connectivity index (χ1) is 14.4. The molecular formula is C26H28BrNO2. The van der Waals surface area contributed by atoms with Crippen molar-refractivity contribution in [1.29, 1.82) is 0 Å². The molecule has 0 unspecified atom stereocenters. The molecule has 0 spiro atoms.